The van der Waals surface area contributed by atoms with Crippen molar-refractivity contribution in [3.8, 4) is 17.5 Å². The minimum atomic E-state index is -0.214. The predicted octanol–water partition coefficient (Wildman–Crippen LogP) is 3.13. The molecule has 33 heavy (non-hydrogen) atoms. The maximum absolute atomic E-state index is 13.0. The molecule has 0 spiro atoms. The number of aryl methyl sites for hydroxylation is 1. The molecule has 5 rings (SSSR count). The van der Waals surface area contributed by atoms with Crippen LogP contribution in [-0.4, -0.2) is 61.2 Å². The zero-order chi connectivity index (χ0) is 23.1. The van der Waals surface area contributed by atoms with E-state index in [0.717, 1.165) is 30.4 Å². The highest BCUT2D eigenvalue weighted by Crippen LogP contribution is 2.29. The molecule has 0 bridgehead atoms. The molecular formula is C23H23ClN8O. The van der Waals surface area contributed by atoms with Gasteiger partial charge < -0.3 is 10.3 Å². The molecule has 1 fully saturated rings. The van der Waals surface area contributed by atoms with Crippen LogP contribution in [0.3, 0.4) is 0 Å². The van der Waals surface area contributed by atoms with Crippen molar-refractivity contribution in [3.05, 3.63) is 41.2 Å². The molecule has 1 aliphatic heterocycles. The molecule has 1 saturated heterocycles. The van der Waals surface area contributed by atoms with Crippen LogP contribution in [0.15, 0.2) is 30.6 Å². The van der Waals surface area contributed by atoms with E-state index in [9.17, 15) is 4.79 Å². The maximum Gasteiger partial charge on any atom is 0.255 e. The number of aromatic amines is 1. The van der Waals surface area contributed by atoms with Gasteiger partial charge in [-0.05, 0) is 38.1 Å². The number of amides is 1. The number of nitrogens with zero attached hydrogens (tertiary/aromatic N) is 6. The first-order chi connectivity index (χ1) is 15.9. The minimum Gasteiger partial charge on any atom is -0.348 e. The molecule has 1 amide bonds. The second-order valence-electron chi connectivity index (χ2n) is 8.54. The molecule has 2 N–H and O–H groups in total. The van der Waals surface area contributed by atoms with Gasteiger partial charge in [0, 0.05) is 42.8 Å². The van der Waals surface area contributed by atoms with E-state index < -0.39 is 0 Å². The number of aromatic nitrogens is 5. The quantitative estimate of drug-likeness (QED) is 0.470. The Bertz CT molecular complexity index is 1400. The number of nitrogens with one attached hydrogen (secondary N) is 2. The van der Waals surface area contributed by atoms with Crippen LogP contribution in [0.25, 0.3) is 33.5 Å². The van der Waals surface area contributed by atoms with Gasteiger partial charge in [0.2, 0.25) is 0 Å². The summed E-state index contributed by atoms with van der Waals surface area (Å²) < 4.78 is 1.75. The van der Waals surface area contributed by atoms with Crippen LogP contribution < -0.4 is 5.32 Å². The molecule has 1 aliphatic rings. The fraction of sp³-hybridized carbons (Fsp3) is 0.348. The fourth-order valence-electron chi connectivity index (χ4n) is 4.44. The van der Waals surface area contributed by atoms with Crippen LogP contribution in [0.2, 0.25) is 5.02 Å². The third kappa shape index (κ3) is 4.03. The van der Waals surface area contributed by atoms with Crippen molar-refractivity contribution in [1.29, 1.82) is 5.26 Å². The summed E-state index contributed by atoms with van der Waals surface area (Å²) >= 11 is 6.14. The van der Waals surface area contributed by atoms with Crippen LogP contribution in [-0.2, 0) is 7.05 Å². The summed E-state index contributed by atoms with van der Waals surface area (Å²) in [5, 5.41) is 18.3. The van der Waals surface area contributed by atoms with Crippen molar-refractivity contribution >= 4 is 39.6 Å². The monoisotopic (exact) mass is 462 g/mol. The lowest BCUT2D eigenvalue weighted by atomic mass is 10.1. The molecule has 4 heterocycles. The van der Waals surface area contributed by atoms with E-state index in [2.05, 4.69) is 31.4 Å². The van der Waals surface area contributed by atoms with Crippen molar-refractivity contribution in [2.45, 2.75) is 19.4 Å². The van der Waals surface area contributed by atoms with Gasteiger partial charge >= 0.3 is 0 Å². The Morgan fingerprint density at radius 3 is 3.09 bits per heavy atom. The molecule has 2 unspecified atom stereocenters. The largest absolute Gasteiger partial charge is 0.348 e. The molecule has 0 aliphatic carbocycles. The number of carbonyl (C=O) groups is 1. The molecular weight excluding hydrogens is 440 g/mol. The summed E-state index contributed by atoms with van der Waals surface area (Å²) in [6.07, 6.45) is 4.17. The molecule has 4 aromatic rings. The first-order valence-corrected chi connectivity index (χ1v) is 11.2. The number of hydrogen-bond acceptors (Lipinski definition) is 6. The van der Waals surface area contributed by atoms with Gasteiger partial charge in [-0.2, -0.15) is 10.4 Å². The number of benzene rings is 1. The highest BCUT2D eigenvalue weighted by molar-refractivity contribution is 6.31. The Kier molecular flexibility index (Phi) is 5.48. The molecule has 9 nitrogen and oxygen atoms in total. The lowest BCUT2D eigenvalue weighted by Gasteiger charge is -2.21. The van der Waals surface area contributed by atoms with E-state index in [4.69, 9.17) is 21.8 Å². The summed E-state index contributed by atoms with van der Waals surface area (Å²) in [6.45, 7) is 4.30. The maximum atomic E-state index is 13.0. The van der Waals surface area contributed by atoms with Crippen LogP contribution in [0.1, 0.15) is 23.7 Å². The summed E-state index contributed by atoms with van der Waals surface area (Å²) in [4.78, 5) is 27.5. The first-order valence-electron chi connectivity index (χ1n) is 10.8. The number of H-pyrrole nitrogens is 1. The van der Waals surface area contributed by atoms with Crippen molar-refractivity contribution in [2.24, 2.45) is 13.0 Å². The van der Waals surface area contributed by atoms with Crippen molar-refractivity contribution in [1.82, 2.24) is 34.9 Å². The van der Waals surface area contributed by atoms with Gasteiger partial charge in [0.15, 0.2) is 5.65 Å². The Labute approximate surface area is 195 Å². The fourth-order valence-corrected chi connectivity index (χ4v) is 4.60. The van der Waals surface area contributed by atoms with Crippen LogP contribution in [0.5, 0.6) is 0 Å². The standard InChI is InChI=1S/C23H23ClN8O/c1-13(11-32-6-5-14(8-25)12-32)28-23(33)17-9-26-22-21(17)29-18(10-27-22)20-16-4-3-15(24)7-19(16)31(2)30-20/h3-4,7,9-10,13-14H,5-6,11-12H2,1-2H3,(H,26,27)(H,28,33). The number of halogens is 1. The van der Waals surface area contributed by atoms with Crippen molar-refractivity contribution in [3.63, 3.8) is 0 Å². The SMILES string of the molecule is CC(CN1CCC(C#N)C1)NC(=O)c1c[nH]c2ncc(-c3nn(C)c4cc(Cl)ccc34)nc12. The molecule has 2 atom stereocenters. The van der Waals surface area contributed by atoms with Gasteiger partial charge in [-0.1, -0.05) is 11.6 Å². The minimum absolute atomic E-state index is 0.0690. The number of hydrogen-bond donors (Lipinski definition) is 2. The van der Waals surface area contributed by atoms with Gasteiger partial charge in [-0.15, -0.1) is 0 Å². The van der Waals surface area contributed by atoms with Gasteiger partial charge in [0.25, 0.3) is 5.91 Å². The highest BCUT2D eigenvalue weighted by Gasteiger charge is 2.24. The molecule has 0 radical (unpaired) electrons. The topological polar surface area (TPSA) is 116 Å². The third-order valence-corrected chi connectivity index (χ3v) is 6.28. The van der Waals surface area contributed by atoms with E-state index >= 15 is 0 Å². The van der Waals surface area contributed by atoms with Gasteiger partial charge in [-0.25, -0.2) is 9.97 Å². The summed E-state index contributed by atoms with van der Waals surface area (Å²) in [6, 6.07) is 7.84. The molecule has 3 aromatic heterocycles. The average Bonchev–Trinajstić information content (AvgIpc) is 3.50. The van der Waals surface area contributed by atoms with Gasteiger partial charge in [-0.3, -0.25) is 14.4 Å². The lowest BCUT2D eigenvalue weighted by Crippen LogP contribution is -2.41. The Hall–Kier alpha value is -3.48. The number of carbonyl (C=O) groups excluding carboxylic acids is 1. The summed E-state index contributed by atoms with van der Waals surface area (Å²) in [7, 11) is 1.85. The molecule has 0 saturated carbocycles. The molecule has 10 heteroatoms. The van der Waals surface area contributed by atoms with Crippen LogP contribution >= 0.6 is 11.6 Å². The number of fused-ring (bicyclic) bond motifs is 2. The van der Waals surface area contributed by atoms with Gasteiger partial charge in [0.05, 0.1) is 29.3 Å². The highest BCUT2D eigenvalue weighted by atomic mass is 35.5. The zero-order valence-electron chi connectivity index (χ0n) is 18.3. The number of nitriles is 1. The van der Waals surface area contributed by atoms with Gasteiger partial charge in [0.1, 0.15) is 16.9 Å². The van der Waals surface area contributed by atoms with E-state index in [-0.39, 0.29) is 17.9 Å². The van der Waals surface area contributed by atoms with Crippen LogP contribution in [0, 0.1) is 17.2 Å². The molecule has 1 aromatic carbocycles. The van der Waals surface area contributed by atoms with Crippen molar-refractivity contribution < 1.29 is 4.79 Å². The zero-order valence-corrected chi connectivity index (χ0v) is 19.1. The number of rotatable bonds is 5. The Morgan fingerprint density at radius 1 is 1.45 bits per heavy atom. The summed E-state index contributed by atoms with van der Waals surface area (Å²) in [5.41, 5.74) is 3.62. The second kappa shape index (κ2) is 8.46. The van der Waals surface area contributed by atoms with Crippen LogP contribution in [0.4, 0.5) is 0 Å². The first kappa shape index (κ1) is 21.4. The molecule has 168 valence electrons. The second-order valence-corrected chi connectivity index (χ2v) is 8.97. The predicted molar refractivity (Wildman–Crippen MR) is 126 cm³/mol. The smallest absolute Gasteiger partial charge is 0.255 e. The van der Waals surface area contributed by atoms with E-state index in [1.165, 1.54) is 0 Å². The summed E-state index contributed by atoms with van der Waals surface area (Å²) in [5.74, 6) is -0.136. The van der Waals surface area contributed by atoms with E-state index in [1.54, 1.807) is 17.1 Å². The normalized spacial score (nSPS) is 17.5. The Balaban J connectivity index is 1.40. The van der Waals surface area contributed by atoms with E-state index in [0.29, 0.717) is 39.7 Å². The average molecular weight is 463 g/mol. The van der Waals surface area contributed by atoms with E-state index in [1.807, 2.05) is 32.2 Å². The Morgan fingerprint density at radius 2 is 2.30 bits per heavy atom. The lowest BCUT2D eigenvalue weighted by molar-refractivity contribution is 0.0933. The third-order valence-electron chi connectivity index (χ3n) is 6.05. The van der Waals surface area contributed by atoms with Crippen molar-refractivity contribution in [2.75, 3.05) is 19.6 Å². The number of likely N-dealkylation sites (tertiary alicyclic amines) is 1.